The number of ether oxygens (including phenoxy) is 1. The molecular weight excluding hydrogens is 380 g/mol. The maximum Gasteiger partial charge on any atom is 0.251 e. The fourth-order valence-corrected chi connectivity index (χ4v) is 3.08. The zero-order valence-corrected chi connectivity index (χ0v) is 17.6. The molecule has 0 aliphatic heterocycles. The third-order valence-corrected chi connectivity index (χ3v) is 4.83. The van der Waals surface area contributed by atoms with Crippen molar-refractivity contribution in [1.82, 2.24) is 20.3 Å². The second-order valence-electron chi connectivity index (χ2n) is 6.79. The minimum atomic E-state index is -0.142. The number of nitrogens with zero attached hydrogens (tertiary/aromatic N) is 3. The Morgan fingerprint density at radius 3 is 2.57 bits per heavy atom. The van der Waals surface area contributed by atoms with Crippen molar-refractivity contribution >= 4 is 17.5 Å². The lowest BCUT2D eigenvalue weighted by Gasteiger charge is -2.17. The minimum absolute atomic E-state index is 0.133. The topological polar surface area (TPSA) is 101 Å². The number of pyridine rings is 1. The maximum absolute atomic E-state index is 11.9. The number of anilines is 2. The van der Waals surface area contributed by atoms with Crippen LogP contribution in [0.2, 0.25) is 0 Å². The molecule has 0 fully saturated rings. The Kier molecular flexibility index (Phi) is 6.79. The molecular formula is C22H26N6O2. The van der Waals surface area contributed by atoms with Crippen molar-refractivity contribution in [2.75, 3.05) is 38.4 Å². The lowest BCUT2D eigenvalue weighted by Crippen LogP contribution is -2.18. The molecule has 0 radical (unpaired) electrons. The Morgan fingerprint density at radius 1 is 1.07 bits per heavy atom. The molecule has 0 spiro atoms. The molecule has 1 atom stereocenters. The van der Waals surface area contributed by atoms with Gasteiger partial charge in [0.1, 0.15) is 23.7 Å². The fraction of sp³-hybridized carbons (Fsp3) is 0.273. The van der Waals surface area contributed by atoms with Gasteiger partial charge in [-0.05, 0) is 29.8 Å². The summed E-state index contributed by atoms with van der Waals surface area (Å²) in [5.74, 6) is 2.20. The zero-order chi connectivity index (χ0) is 21.5. The molecule has 8 nitrogen and oxygen atoms in total. The predicted molar refractivity (Wildman–Crippen MR) is 118 cm³/mol. The van der Waals surface area contributed by atoms with Gasteiger partial charge in [-0.25, -0.2) is 15.0 Å². The number of hydrogen-bond acceptors (Lipinski definition) is 7. The van der Waals surface area contributed by atoms with Crippen LogP contribution in [0, 0.1) is 0 Å². The highest BCUT2D eigenvalue weighted by Crippen LogP contribution is 2.28. The molecule has 0 aliphatic rings. The van der Waals surface area contributed by atoms with E-state index < -0.39 is 0 Å². The number of hydrogen-bond donors (Lipinski definition) is 3. The Hall–Kier alpha value is -3.68. The molecule has 0 unspecified atom stereocenters. The fourth-order valence-electron chi connectivity index (χ4n) is 3.08. The Morgan fingerprint density at radius 2 is 1.90 bits per heavy atom. The summed E-state index contributed by atoms with van der Waals surface area (Å²) in [6.07, 6.45) is 3.31. The third-order valence-electron chi connectivity index (χ3n) is 4.83. The third kappa shape index (κ3) is 4.83. The van der Waals surface area contributed by atoms with Crippen LogP contribution in [0.4, 0.5) is 11.6 Å². The van der Waals surface area contributed by atoms with Gasteiger partial charge in [-0.1, -0.05) is 13.0 Å². The summed E-state index contributed by atoms with van der Waals surface area (Å²) >= 11 is 0. The minimum Gasteiger partial charge on any atom is -0.496 e. The van der Waals surface area contributed by atoms with Crippen molar-refractivity contribution in [2.24, 2.45) is 0 Å². The highest BCUT2D eigenvalue weighted by molar-refractivity contribution is 5.94. The van der Waals surface area contributed by atoms with Gasteiger partial charge in [-0.3, -0.25) is 4.79 Å². The Bertz CT molecular complexity index is 1010. The summed E-state index contributed by atoms with van der Waals surface area (Å²) in [6, 6.07) is 11.3. The summed E-state index contributed by atoms with van der Waals surface area (Å²) in [5, 5.41) is 8.98. The van der Waals surface area contributed by atoms with Crippen LogP contribution in [0.15, 0.2) is 48.9 Å². The van der Waals surface area contributed by atoms with Crippen LogP contribution >= 0.6 is 0 Å². The van der Waals surface area contributed by atoms with E-state index in [-0.39, 0.29) is 11.8 Å². The molecule has 0 saturated carbocycles. The quantitative estimate of drug-likeness (QED) is 0.528. The maximum atomic E-state index is 11.9. The summed E-state index contributed by atoms with van der Waals surface area (Å²) in [4.78, 5) is 24.8. The van der Waals surface area contributed by atoms with E-state index in [2.05, 4.69) is 37.8 Å². The average Bonchev–Trinajstić information content (AvgIpc) is 2.81. The number of methoxy groups -OCH3 is 1. The molecule has 0 aliphatic carbocycles. The van der Waals surface area contributed by atoms with Crippen molar-refractivity contribution in [2.45, 2.75) is 12.8 Å². The molecule has 3 rings (SSSR count). The number of amides is 1. The molecule has 0 bridgehead atoms. The summed E-state index contributed by atoms with van der Waals surface area (Å²) in [6.45, 7) is 2.73. The first-order valence-electron chi connectivity index (χ1n) is 9.65. The largest absolute Gasteiger partial charge is 0.496 e. The van der Waals surface area contributed by atoms with E-state index in [9.17, 15) is 4.79 Å². The lowest BCUT2D eigenvalue weighted by atomic mass is 9.98. The van der Waals surface area contributed by atoms with E-state index in [4.69, 9.17) is 4.74 Å². The van der Waals surface area contributed by atoms with Gasteiger partial charge in [0.05, 0.1) is 12.8 Å². The molecule has 8 heteroatoms. The SMILES string of the molecule is CNC(=O)c1ccc([C@H](C)CNc2cc(-c3ccc(NC)nc3)ncn2)c(OC)c1. The molecule has 1 amide bonds. The van der Waals surface area contributed by atoms with Gasteiger partial charge in [0, 0.05) is 49.9 Å². The molecule has 3 aromatic rings. The molecule has 156 valence electrons. The van der Waals surface area contributed by atoms with Crippen LogP contribution in [0.5, 0.6) is 5.75 Å². The van der Waals surface area contributed by atoms with E-state index in [0.29, 0.717) is 17.9 Å². The van der Waals surface area contributed by atoms with Gasteiger partial charge in [-0.2, -0.15) is 0 Å². The zero-order valence-electron chi connectivity index (χ0n) is 17.6. The number of carbonyl (C=O) groups is 1. The van der Waals surface area contributed by atoms with Gasteiger partial charge >= 0.3 is 0 Å². The van der Waals surface area contributed by atoms with Crippen molar-refractivity contribution in [3.63, 3.8) is 0 Å². The highest BCUT2D eigenvalue weighted by Gasteiger charge is 2.15. The normalized spacial score (nSPS) is 11.5. The van der Waals surface area contributed by atoms with Crippen molar-refractivity contribution in [3.05, 3.63) is 60.0 Å². The van der Waals surface area contributed by atoms with Crippen LogP contribution < -0.4 is 20.7 Å². The summed E-state index contributed by atoms with van der Waals surface area (Å²) < 4.78 is 5.50. The second kappa shape index (κ2) is 9.69. The van der Waals surface area contributed by atoms with Crippen molar-refractivity contribution in [1.29, 1.82) is 0 Å². The first kappa shape index (κ1) is 21.0. The van der Waals surface area contributed by atoms with E-state index in [0.717, 1.165) is 28.5 Å². The first-order valence-corrected chi connectivity index (χ1v) is 9.65. The monoisotopic (exact) mass is 406 g/mol. The standard InChI is InChI=1S/C22H26N6O2/c1-14(17-7-5-15(22(29)24-3)9-19(17)30-4)11-25-21-10-18(27-13-28-21)16-6-8-20(23-2)26-12-16/h5-10,12-14H,11H2,1-4H3,(H,23,26)(H,24,29)(H,25,27,28)/t14-/m1/s1. The lowest BCUT2D eigenvalue weighted by molar-refractivity contribution is 0.0962. The molecule has 3 N–H and O–H groups in total. The van der Waals surface area contributed by atoms with Crippen LogP contribution in [-0.4, -0.2) is 48.6 Å². The van der Waals surface area contributed by atoms with E-state index in [1.807, 2.05) is 31.3 Å². The van der Waals surface area contributed by atoms with Crippen molar-refractivity contribution < 1.29 is 9.53 Å². The number of nitrogens with one attached hydrogen (secondary N) is 3. The van der Waals surface area contributed by atoms with Crippen molar-refractivity contribution in [3.8, 4) is 17.0 Å². The van der Waals surface area contributed by atoms with Crippen LogP contribution in [0.1, 0.15) is 28.8 Å². The second-order valence-corrected chi connectivity index (χ2v) is 6.79. The van der Waals surface area contributed by atoms with Crippen LogP contribution in [0.25, 0.3) is 11.3 Å². The average molecular weight is 406 g/mol. The van der Waals surface area contributed by atoms with Gasteiger partial charge in [0.15, 0.2) is 0 Å². The van der Waals surface area contributed by atoms with Gasteiger partial charge in [0.2, 0.25) is 0 Å². The summed E-state index contributed by atoms with van der Waals surface area (Å²) in [5.41, 5.74) is 3.29. The predicted octanol–water partition coefficient (Wildman–Crippen LogP) is 3.16. The molecule has 0 saturated heterocycles. The number of benzene rings is 1. The summed E-state index contributed by atoms with van der Waals surface area (Å²) in [7, 11) is 5.05. The van der Waals surface area contributed by atoms with Crippen LogP contribution in [-0.2, 0) is 0 Å². The van der Waals surface area contributed by atoms with E-state index in [1.54, 1.807) is 32.5 Å². The Balaban J connectivity index is 1.71. The van der Waals surface area contributed by atoms with Gasteiger partial charge in [0.25, 0.3) is 5.91 Å². The number of carbonyl (C=O) groups excluding carboxylic acids is 1. The number of aromatic nitrogens is 3. The molecule has 1 aromatic carbocycles. The highest BCUT2D eigenvalue weighted by atomic mass is 16.5. The number of rotatable bonds is 8. The smallest absolute Gasteiger partial charge is 0.251 e. The molecule has 2 heterocycles. The molecule has 2 aromatic heterocycles. The van der Waals surface area contributed by atoms with E-state index in [1.165, 1.54) is 6.33 Å². The molecule has 30 heavy (non-hydrogen) atoms. The Labute approximate surface area is 176 Å². The van der Waals surface area contributed by atoms with Gasteiger partial charge in [-0.15, -0.1) is 0 Å². The van der Waals surface area contributed by atoms with Gasteiger partial charge < -0.3 is 20.7 Å². The van der Waals surface area contributed by atoms with E-state index >= 15 is 0 Å². The first-order chi connectivity index (χ1) is 14.5. The van der Waals surface area contributed by atoms with Crippen LogP contribution in [0.3, 0.4) is 0 Å².